The first-order valence-electron chi connectivity index (χ1n) is 11.3. The van der Waals surface area contributed by atoms with Gasteiger partial charge in [-0.15, -0.1) is 0 Å². The number of hydroxylamine groups is 4. The predicted molar refractivity (Wildman–Crippen MR) is 135 cm³/mol. The van der Waals surface area contributed by atoms with Gasteiger partial charge in [-0.25, -0.2) is 9.25 Å². The van der Waals surface area contributed by atoms with E-state index in [1.807, 2.05) is 121 Å². The predicted octanol–water partition coefficient (Wildman–Crippen LogP) is 6.64. The zero-order valence-electron chi connectivity index (χ0n) is 19.0. The smallest absolute Gasteiger partial charge is 0.260 e. The molecule has 0 atom stereocenters. The lowest BCUT2D eigenvalue weighted by molar-refractivity contribution is -0.130. The van der Waals surface area contributed by atoms with Crippen LogP contribution in [0.4, 0.5) is 0 Å². The molecule has 34 heavy (non-hydrogen) atoms. The number of hydrogen-bond donors (Lipinski definition) is 0. The number of nitrogens with zero attached hydrogens (tertiary/aromatic N) is 2. The van der Waals surface area contributed by atoms with Crippen LogP contribution >= 0.6 is 8.25 Å². The molecule has 0 fully saturated rings. The van der Waals surface area contributed by atoms with E-state index in [1.165, 1.54) is 0 Å². The molecule has 0 N–H and O–H groups in total. The molecule has 0 amide bonds. The second-order valence-electron chi connectivity index (χ2n) is 7.97. The Morgan fingerprint density at radius 3 is 0.912 bits per heavy atom. The van der Waals surface area contributed by atoms with E-state index in [1.54, 1.807) is 10.1 Å². The summed E-state index contributed by atoms with van der Waals surface area (Å²) in [5.41, 5.74) is 4.27. The van der Waals surface area contributed by atoms with E-state index >= 15 is 0 Å². The van der Waals surface area contributed by atoms with E-state index in [0.717, 1.165) is 22.3 Å². The lowest BCUT2D eigenvalue weighted by atomic mass is 10.2. The molecule has 0 radical (unpaired) electrons. The summed E-state index contributed by atoms with van der Waals surface area (Å²) in [6.07, 6.45) is 0. The van der Waals surface area contributed by atoms with Gasteiger partial charge >= 0.3 is 8.25 Å². The fourth-order valence-electron chi connectivity index (χ4n) is 3.62. The van der Waals surface area contributed by atoms with Gasteiger partial charge in [0.25, 0.3) is 0 Å². The first kappa shape index (κ1) is 24.1. The van der Waals surface area contributed by atoms with Gasteiger partial charge in [-0.2, -0.15) is 10.1 Å². The maximum absolute atomic E-state index is 13.1. The van der Waals surface area contributed by atoms with E-state index in [9.17, 15) is 4.57 Å². The molecule has 0 aliphatic carbocycles. The molecule has 4 aromatic rings. The molecule has 0 aliphatic rings. The summed E-state index contributed by atoms with van der Waals surface area (Å²) in [5.74, 6) is 0. The Kier molecular flexibility index (Phi) is 9.21. The van der Waals surface area contributed by atoms with Gasteiger partial charge in [0.05, 0.1) is 0 Å². The van der Waals surface area contributed by atoms with Gasteiger partial charge in [0.2, 0.25) is 0 Å². The molecule has 6 heteroatoms. The third-order valence-corrected chi connectivity index (χ3v) is 6.03. The van der Waals surface area contributed by atoms with E-state index < -0.39 is 8.25 Å². The summed E-state index contributed by atoms with van der Waals surface area (Å²) in [4.78, 5) is 0. The number of hydrogen-bond acceptors (Lipinski definition) is 5. The molecular weight excluding hydrogens is 443 g/mol. The molecule has 0 bridgehead atoms. The van der Waals surface area contributed by atoms with Gasteiger partial charge in [-0.1, -0.05) is 121 Å². The van der Waals surface area contributed by atoms with Crippen molar-refractivity contribution in [3.63, 3.8) is 0 Å². The fourth-order valence-corrected chi connectivity index (χ4v) is 4.33. The van der Waals surface area contributed by atoms with Crippen LogP contribution in [0, 0.1) is 0 Å². The highest BCUT2D eigenvalue weighted by atomic mass is 31.1. The Morgan fingerprint density at radius 1 is 0.441 bits per heavy atom. The van der Waals surface area contributed by atoms with E-state index in [2.05, 4.69) is 0 Å². The summed E-state index contributed by atoms with van der Waals surface area (Å²) < 4.78 is 24.8. The Hall–Kier alpha value is -3.05. The average Bonchev–Trinajstić information content (AvgIpc) is 2.86. The van der Waals surface area contributed by atoms with Gasteiger partial charge in [-0.3, -0.25) is 4.57 Å². The minimum atomic E-state index is -2.86. The molecule has 0 spiro atoms. The second kappa shape index (κ2) is 13.0. The monoisotopic (exact) mass is 472 g/mol. The largest absolute Gasteiger partial charge is 0.352 e. The molecule has 4 aromatic carbocycles. The summed E-state index contributed by atoms with van der Waals surface area (Å²) >= 11 is 0. The average molecular weight is 473 g/mol. The van der Waals surface area contributed by atoms with Gasteiger partial charge in [0.15, 0.2) is 0 Å². The summed E-state index contributed by atoms with van der Waals surface area (Å²) in [5, 5.41) is 3.41. The van der Waals surface area contributed by atoms with Crippen LogP contribution in [0.1, 0.15) is 22.3 Å². The standard InChI is InChI=1S/C28H29N2O3P/c31-34(32-29(21-25-13-5-1-6-14-25)22-26-15-7-2-8-16-26)33-30(23-27-17-9-3-10-18-27)24-28-19-11-4-12-20-28/h1-20,34H,21-24H2. The van der Waals surface area contributed by atoms with Crippen LogP contribution in [0.5, 0.6) is 0 Å². The Bertz CT molecular complexity index is 955. The van der Waals surface area contributed by atoms with Crippen LogP contribution in [0.2, 0.25) is 0 Å². The second-order valence-corrected chi connectivity index (χ2v) is 8.84. The van der Waals surface area contributed by atoms with Crippen LogP contribution in [0.25, 0.3) is 0 Å². The summed E-state index contributed by atoms with van der Waals surface area (Å²) in [6.45, 7) is 1.97. The molecule has 0 saturated carbocycles. The Balaban J connectivity index is 1.45. The van der Waals surface area contributed by atoms with Crippen molar-refractivity contribution in [1.82, 2.24) is 10.1 Å². The molecule has 0 saturated heterocycles. The zero-order chi connectivity index (χ0) is 23.4. The normalized spacial score (nSPS) is 11.4. The molecule has 4 rings (SSSR count). The highest BCUT2D eigenvalue weighted by molar-refractivity contribution is 7.33. The number of benzene rings is 4. The summed E-state index contributed by atoms with van der Waals surface area (Å²) in [6, 6.07) is 40.0. The molecule has 0 aliphatic heterocycles. The Morgan fingerprint density at radius 2 is 0.676 bits per heavy atom. The first-order chi connectivity index (χ1) is 16.7. The van der Waals surface area contributed by atoms with Crippen LogP contribution in [0.15, 0.2) is 121 Å². The third-order valence-electron chi connectivity index (χ3n) is 5.21. The van der Waals surface area contributed by atoms with Crippen LogP contribution in [-0.2, 0) is 40.0 Å². The van der Waals surface area contributed by atoms with Crippen molar-refractivity contribution in [2.24, 2.45) is 0 Å². The van der Waals surface area contributed by atoms with Crippen molar-refractivity contribution < 1.29 is 13.8 Å². The maximum atomic E-state index is 13.1. The lowest BCUT2D eigenvalue weighted by Gasteiger charge is -2.25. The van der Waals surface area contributed by atoms with Crippen LogP contribution in [0.3, 0.4) is 0 Å². The minimum Gasteiger partial charge on any atom is -0.260 e. The van der Waals surface area contributed by atoms with E-state index in [0.29, 0.717) is 26.2 Å². The van der Waals surface area contributed by atoms with Crippen LogP contribution < -0.4 is 0 Å². The molecule has 0 unspecified atom stereocenters. The van der Waals surface area contributed by atoms with Gasteiger partial charge in [0, 0.05) is 26.2 Å². The van der Waals surface area contributed by atoms with Crippen molar-refractivity contribution in [3.05, 3.63) is 144 Å². The zero-order valence-corrected chi connectivity index (χ0v) is 20.0. The van der Waals surface area contributed by atoms with Gasteiger partial charge in [0.1, 0.15) is 0 Å². The molecule has 5 nitrogen and oxygen atoms in total. The quantitative estimate of drug-likeness (QED) is 0.171. The van der Waals surface area contributed by atoms with Gasteiger partial charge in [-0.05, 0) is 22.3 Å². The van der Waals surface area contributed by atoms with Crippen molar-refractivity contribution in [2.45, 2.75) is 26.2 Å². The van der Waals surface area contributed by atoms with Crippen LogP contribution in [-0.4, -0.2) is 10.1 Å². The molecule has 174 valence electrons. The van der Waals surface area contributed by atoms with Crippen molar-refractivity contribution >= 4 is 8.25 Å². The SMILES string of the molecule is O=[PH](ON(Cc1ccccc1)Cc1ccccc1)ON(Cc1ccccc1)Cc1ccccc1. The molecule has 0 aromatic heterocycles. The topological polar surface area (TPSA) is 42.0 Å². The molecular formula is C28H29N2O3P. The van der Waals surface area contributed by atoms with E-state index in [-0.39, 0.29) is 0 Å². The highest BCUT2D eigenvalue weighted by Gasteiger charge is 2.17. The van der Waals surface area contributed by atoms with Crippen molar-refractivity contribution in [3.8, 4) is 0 Å². The van der Waals surface area contributed by atoms with E-state index in [4.69, 9.17) is 9.25 Å². The van der Waals surface area contributed by atoms with Crippen molar-refractivity contribution in [1.29, 1.82) is 0 Å². The maximum Gasteiger partial charge on any atom is 0.352 e. The van der Waals surface area contributed by atoms with Crippen molar-refractivity contribution in [2.75, 3.05) is 0 Å². The lowest BCUT2D eigenvalue weighted by Crippen LogP contribution is -2.24. The Labute approximate surface area is 202 Å². The molecule has 0 heterocycles. The van der Waals surface area contributed by atoms with Gasteiger partial charge < -0.3 is 0 Å². The third kappa shape index (κ3) is 8.07. The fraction of sp³-hybridized carbons (Fsp3) is 0.143. The first-order valence-corrected chi connectivity index (χ1v) is 12.5. The minimum absolute atomic E-state index is 0.493. The summed E-state index contributed by atoms with van der Waals surface area (Å²) in [7, 11) is -2.86. The number of rotatable bonds is 12. The highest BCUT2D eigenvalue weighted by Crippen LogP contribution is 2.31.